The first-order chi connectivity index (χ1) is 6.54. The Morgan fingerprint density at radius 3 is 2.64 bits per heavy atom. The van der Waals surface area contributed by atoms with Crippen LogP contribution in [0, 0.1) is 0 Å². The highest BCUT2D eigenvalue weighted by Crippen LogP contribution is 2.13. The van der Waals surface area contributed by atoms with Crippen molar-refractivity contribution in [3.63, 3.8) is 0 Å². The van der Waals surface area contributed by atoms with Gasteiger partial charge in [0, 0.05) is 5.57 Å². The van der Waals surface area contributed by atoms with Crippen molar-refractivity contribution in [2.75, 3.05) is 6.61 Å². The number of carbonyl (C=O) groups is 1. The van der Waals surface area contributed by atoms with Crippen molar-refractivity contribution in [3.05, 3.63) is 36.7 Å². The van der Waals surface area contributed by atoms with Gasteiger partial charge in [-0.3, -0.25) is 0 Å². The van der Waals surface area contributed by atoms with E-state index in [4.69, 9.17) is 5.73 Å². The minimum atomic E-state index is -1.15. The van der Waals surface area contributed by atoms with E-state index in [0.717, 1.165) is 0 Å². The van der Waals surface area contributed by atoms with E-state index in [1.54, 1.807) is 6.92 Å². The zero-order valence-corrected chi connectivity index (χ0v) is 8.13. The summed E-state index contributed by atoms with van der Waals surface area (Å²) in [7, 11) is 0. The van der Waals surface area contributed by atoms with Crippen LogP contribution in [0.2, 0.25) is 0 Å². The minimum absolute atomic E-state index is 0.0153. The number of hydrogen-bond donors (Lipinski definition) is 1. The molecule has 0 aromatic heterocycles. The van der Waals surface area contributed by atoms with Crippen LogP contribution in [0.1, 0.15) is 6.92 Å². The van der Waals surface area contributed by atoms with E-state index in [1.165, 1.54) is 12.2 Å². The molecule has 0 aliphatic heterocycles. The molecule has 3 nitrogen and oxygen atoms in total. The highest BCUT2D eigenvalue weighted by Gasteiger charge is 2.21. The zero-order chi connectivity index (χ0) is 11.1. The van der Waals surface area contributed by atoms with Crippen LogP contribution in [-0.4, -0.2) is 18.6 Å². The molecule has 0 aliphatic rings. The molecule has 0 amide bonds. The van der Waals surface area contributed by atoms with Crippen LogP contribution in [0.5, 0.6) is 0 Å². The number of allylic oxidation sites excluding steroid dienone is 2. The fraction of sp³-hybridized carbons (Fsp3) is 0.300. The SMILES string of the molecule is C=C/C=C(\C(=C)F)C(N)C(=O)OCC. The van der Waals surface area contributed by atoms with Crippen molar-refractivity contribution in [1.29, 1.82) is 0 Å². The van der Waals surface area contributed by atoms with Crippen LogP contribution in [0.25, 0.3) is 0 Å². The lowest BCUT2D eigenvalue weighted by molar-refractivity contribution is -0.143. The van der Waals surface area contributed by atoms with Gasteiger partial charge in [-0.1, -0.05) is 25.3 Å². The van der Waals surface area contributed by atoms with Crippen LogP contribution in [0.3, 0.4) is 0 Å². The average Bonchev–Trinajstić information content (AvgIpc) is 2.13. The monoisotopic (exact) mass is 199 g/mol. The van der Waals surface area contributed by atoms with Gasteiger partial charge in [0.15, 0.2) is 0 Å². The number of rotatable bonds is 5. The summed E-state index contributed by atoms with van der Waals surface area (Å²) in [5, 5.41) is 0. The summed E-state index contributed by atoms with van der Waals surface area (Å²) < 4.78 is 17.4. The molecule has 0 fully saturated rings. The Bertz CT molecular complexity index is 271. The molecule has 0 aliphatic carbocycles. The van der Waals surface area contributed by atoms with E-state index in [1.807, 2.05) is 0 Å². The third kappa shape index (κ3) is 3.53. The summed E-state index contributed by atoms with van der Waals surface area (Å²) >= 11 is 0. The Labute approximate surface area is 82.7 Å². The fourth-order valence-electron chi connectivity index (χ4n) is 0.849. The standard InChI is InChI=1S/C10H14FNO2/c1-4-6-8(7(3)11)9(12)10(13)14-5-2/h4,6,9H,1,3,5,12H2,2H3/b8-6+. The van der Waals surface area contributed by atoms with Crippen LogP contribution < -0.4 is 5.73 Å². The van der Waals surface area contributed by atoms with Gasteiger partial charge in [0.2, 0.25) is 0 Å². The van der Waals surface area contributed by atoms with Gasteiger partial charge in [0.25, 0.3) is 0 Å². The molecule has 0 aromatic carbocycles. The molecule has 4 heteroatoms. The Kier molecular flexibility index (Phi) is 5.48. The van der Waals surface area contributed by atoms with Crippen molar-refractivity contribution in [2.24, 2.45) is 5.73 Å². The lowest BCUT2D eigenvalue weighted by atomic mass is 10.1. The molecule has 0 aromatic rings. The number of halogens is 1. The van der Waals surface area contributed by atoms with E-state index in [9.17, 15) is 9.18 Å². The maximum atomic E-state index is 12.8. The quantitative estimate of drug-likeness (QED) is 0.539. The number of nitrogens with two attached hydrogens (primary N) is 1. The third-order valence-corrected chi connectivity index (χ3v) is 1.49. The molecule has 1 unspecified atom stereocenters. The normalized spacial score (nSPS) is 13.2. The molecule has 0 rings (SSSR count). The fourth-order valence-corrected chi connectivity index (χ4v) is 0.849. The predicted molar refractivity (Wildman–Crippen MR) is 53.1 cm³/mol. The molecule has 78 valence electrons. The first kappa shape index (κ1) is 12.6. The van der Waals surface area contributed by atoms with Gasteiger partial charge in [0.05, 0.1) is 6.61 Å². The minimum Gasteiger partial charge on any atom is -0.465 e. The zero-order valence-electron chi connectivity index (χ0n) is 8.13. The van der Waals surface area contributed by atoms with Crippen molar-refractivity contribution < 1.29 is 13.9 Å². The van der Waals surface area contributed by atoms with Gasteiger partial charge in [-0.25, -0.2) is 9.18 Å². The molecular weight excluding hydrogens is 185 g/mol. The van der Waals surface area contributed by atoms with Crippen LogP contribution in [-0.2, 0) is 9.53 Å². The van der Waals surface area contributed by atoms with Gasteiger partial charge in [-0.15, -0.1) is 0 Å². The first-order valence-corrected chi connectivity index (χ1v) is 4.14. The summed E-state index contributed by atoms with van der Waals surface area (Å²) in [6.45, 7) is 8.29. The predicted octanol–water partition coefficient (Wildman–Crippen LogP) is 1.47. The highest BCUT2D eigenvalue weighted by atomic mass is 19.1. The average molecular weight is 199 g/mol. The molecule has 2 N–H and O–H groups in total. The van der Waals surface area contributed by atoms with Crippen molar-refractivity contribution in [2.45, 2.75) is 13.0 Å². The molecule has 1 atom stereocenters. The number of carbonyl (C=O) groups excluding carboxylic acids is 1. The van der Waals surface area contributed by atoms with Crippen molar-refractivity contribution in [3.8, 4) is 0 Å². The topological polar surface area (TPSA) is 52.3 Å². The maximum Gasteiger partial charge on any atom is 0.327 e. The van der Waals surface area contributed by atoms with Gasteiger partial charge in [-0.05, 0) is 6.92 Å². The van der Waals surface area contributed by atoms with Gasteiger partial charge in [-0.2, -0.15) is 0 Å². The lowest BCUT2D eigenvalue weighted by Crippen LogP contribution is -2.34. The summed E-state index contributed by atoms with van der Waals surface area (Å²) in [5.41, 5.74) is 5.43. The maximum absolute atomic E-state index is 12.8. The first-order valence-electron chi connectivity index (χ1n) is 4.14. The van der Waals surface area contributed by atoms with E-state index in [2.05, 4.69) is 17.9 Å². The molecule has 0 saturated carbocycles. The largest absolute Gasteiger partial charge is 0.465 e. The number of ether oxygens (including phenoxy) is 1. The Hall–Kier alpha value is -1.42. The molecule has 0 saturated heterocycles. The van der Waals surface area contributed by atoms with Crippen molar-refractivity contribution in [1.82, 2.24) is 0 Å². The second-order valence-corrected chi connectivity index (χ2v) is 2.49. The summed E-state index contributed by atoms with van der Waals surface area (Å²) in [5.74, 6) is -1.44. The lowest BCUT2D eigenvalue weighted by Gasteiger charge is -2.12. The van der Waals surface area contributed by atoms with Gasteiger partial charge in [0.1, 0.15) is 11.9 Å². The van der Waals surface area contributed by atoms with Gasteiger partial charge >= 0.3 is 5.97 Å². The number of hydrogen-bond acceptors (Lipinski definition) is 3. The van der Waals surface area contributed by atoms with E-state index in [-0.39, 0.29) is 12.2 Å². The molecule has 0 bridgehead atoms. The van der Waals surface area contributed by atoms with E-state index >= 15 is 0 Å². The Morgan fingerprint density at radius 1 is 1.71 bits per heavy atom. The molecule has 0 spiro atoms. The van der Waals surface area contributed by atoms with Crippen molar-refractivity contribution >= 4 is 5.97 Å². The second kappa shape index (κ2) is 6.10. The van der Waals surface area contributed by atoms with Crippen LogP contribution >= 0.6 is 0 Å². The van der Waals surface area contributed by atoms with Crippen LogP contribution in [0.15, 0.2) is 36.7 Å². The Balaban J connectivity index is 4.68. The van der Waals surface area contributed by atoms with Crippen LogP contribution in [0.4, 0.5) is 4.39 Å². The van der Waals surface area contributed by atoms with E-state index < -0.39 is 17.8 Å². The highest BCUT2D eigenvalue weighted by molar-refractivity contribution is 5.80. The van der Waals surface area contributed by atoms with Gasteiger partial charge < -0.3 is 10.5 Å². The second-order valence-electron chi connectivity index (χ2n) is 2.49. The molecule has 0 radical (unpaired) electrons. The molecule has 14 heavy (non-hydrogen) atoms. The summed E-state index contributed by atoms with van der Waals surface area (Å²) in [6, 6.07) is -1.15. The molecular formula is C10H14FNO2. The summed E-state index contributed by atoms with van der Waals surface area (Å²) in [4.78, 5) is 11.1. The Morgan fingerprint density at radius 2 is 2.29 bits per heavy atom. The smallest absolute Gasteiger partial charge is 0.327 e. The number of esters is 1. The summed E-state index contributed by atoms with van der Waals surface area (Å²) in [6.07, 6.45) is 2.63. The van der Waals surface area contributed by atoms with E-state index in [0.29, 0.717) is 0 Å². The third-order valence-electron chi connectivity index (χ3n) is 1.49. The molecule has 0 heterocycles.